The molecule has 3 rings (SSSR count). The van der Waals surface area contributed by atoms with Crippen molar-refractivity contribution >= 4 is 34.9 Å². The molecule has 0 spiro atoms. The number of carbonyl (C=O) groups excluding carboxylic acids is 1. The van der Waals surface area contributed by atoms with Crippen LogP contribution in [0.3, 0.4) is 0 Å². The summed E-state index contributed by atoms with van der Waals surface area (Å²) in [5.41, 5.74) is -0.785. The summed E-state index contributed by atoms with van der Waals surface area (Å²) in [5.74, 6) is -0.0765. The van der Waals surface area contributed by atoms with Crippen LogP contribution in [0.25, 0.3) is 5.65 Å². The van der Waals surface area contributed by atoms with Gasteiger partial charge in [-0.25, -0.2) is 0 Å². The van der Waals surface area contributed by atoms with Crippen LogP contribution in [0.5, 0.6) is 0 Å². The first-order valence-corrected chi connectivity index (χ1v) is 8.32. The number of hydrogen-bond donors (Lipinski definition) is 0. The van der Waals surface area contributed by atoms with E-state index in [-0.39, 0.29) is 27.5 Å². The van der Waals surface area contributed by atoms with Crippen LogP contribution in [-0.2, 0) is 15.7 Å². The number of ether oxygens (including phenoxy) is 1. The average molecular weight is 381 g/mol. The van der Waals surface area contributed by atoms with E-state index in [0.717, 1.165) is 28.4 Å². The Labute approximate surface area is 143 Å². The Hall–Kier alpha value is -1.52. The highest BCUT2D eigenvalue weighted by Gasteiger charge is 2.32. The van der Waals surface area contributed by atoms with E-state index in [1.54, 1.807) is 4.90 Å². The van der Waals surface area contributed by atoms with Crippen molar-refractivity contribution in [2.24, 2.45) is 0 Å². The highest BCUT2D eigenvalue weighted by Crippen LogP contribution is 2.33. The van der Waals surface area contributed by atoms with Crippen LogP contribution in [0.15, 0.2) is 17.4 Å². The third-order valence-corrected chi connectivity index (χ3v) is 4.65. The number of hydrogen-bond acceptors (Lipinski definition) is 5. The quantitative estimate of drug-likeness (QED) is 0.765. The summed E-state index contributed by atoms with van der Waals surface area (Å²) in [5, 5.41) is 7.64. The van der Waals surface area contributed by atoms with Gasteiger partial charge in [0.05, 0.1) is 29.6 Å². The van der Waals surface area contributed by atoms with Crippen LogP contribution in [0, 0.1) is 0 Å². The van der Waals surface area contributed by atoms with E-state index in [1.807, 2.05) is 0 Å². The van der Waals surface area contributed by atoms with Gasteiger partial charge in [-0.1, -0.05) is 23.4 Å². The van der Waals surface area contributed by atoms with Gasteiger partial charge in [0.25, 0.3) is 0 Å². The van der Waals surface area contributed by atoms with Crippen LogP contribution in [0.4, 0.5) is 13.2 Å². The molecule has 1 aliphatic rings. The number of rotatable bonds is 3. The lowest BCUT2D eigenvalue weighted by molar-refractivity contribution is -0.138. The largest absolute Gasteiger partial charge is 0.417 e. The average Bonchev–Trinajstić information content (AvgIpc) is 2.96. The Morgan fingerprint density at radius 2 is 2.04 bits per heavy atom. The molecule has 3 heterocycles. The van der Waals surface area contributed by atoms with Gasteiger partial charge >= 0.3 is 6.18 Å². The van der Waals surface area contributed by atoms with Crippen LogP contribution >= 0.6 is 23.4 Å². The Balaban J connectivity index is 1.79. The first-order valence-electron chi connectivity index (χ1n) is 6.96. The molecule has 1 saturated heterocycles. The monoisotopic (exact) mass is 380 g/mol. The number of halogens is 4. The Morgan fingerprint density at radius 3 is 2.71 bits per heavy atom. The number of alkyl halides is 3. The van der Waals surface area contributed by atoms with E-state index in [9.17, 15) is 18.0 Å². The lowest BCUT2D eigenvalue weighted by Gasteiger charge is -2.26. The van der Waals surface area contributed by atoms with Crippen molar-refractivity contribution in [3.05, 3.63) is 22.8 Å². The minimum absolute atomic E-state index is 0.0503. The van der Waals surface area contributed by atoms with Crippen molar-refractivity contribution in [3.8, 4) is 0 Å². The number of amides is 1. The van der Waals surface area contributed by atoms with Crippen molar-refractivity contribution in [2.75, 3.05) is 32.1 Å². The summed E-state index contributed by atoms with van der Waals surface area (Å²) in [6, 6.07) is 0.804. The maximum atomic E-state index is 12.9. The van der Waals surface area contributed by atoms with Crippen molar-refractivity contribution in [1.82, 2.24) is 19.5 Å². The van der Waals surface area contributed by atoms with Gasteiger partial charge in [0.15, 0.2) is 10.8 Å². The topological polar surface area (TPSA) is 59.7 Å². The van der Waals surface area contributed by atoms with Gasteiger partial charge in [-0.15, -0.1) is 10.2 Å². The van der Waals surface area contributed by atoms with E-state index in [4.69, 9.17) is 16.3 Å². The lowest BCUT2D eigenvalue weighted by Crippen LogP contribution is -2.41. The number of pyridine rings is 1. The van der Waals surface area contributed by atoms with Crippen LogP contribution in [-0.4, -0.2) is 57.5 Å². The molecular formula is C13H12ClF3N4O2S. The summed E-state index contributed by atoms with van der Waals surface area (Å²) in [4.78, 5) is 13.8. The first-order chi connectivity index (χ1) is 11.4. The fourth-order valence-electron chi connectivity index (χ4n) is 2.22. The molecule has 24 heavy (non-hydrogen) atoms. The lowest BCUT2D eigenvalue weighted by atomic mass is 10.3. The molecule has 0 atom stereocenters. The van der Waals surface area contributed by atoms with E-state index in [1.165, 1.54) is 0 Å². The molecule has 0 N–H and O–H groups in total. The number of fused-ring (bicyclic) bond motifs is 1. The molecule has 0 aromatic carbocycles. The molecule has 1 aliphatic heterocycles. The molecule has 0 radical (unpaired) electrons. The maximum absolute atomic E-state index is 12.9. The standard InChI is InChI=1S/C13H12ClF3N4O2S/c14-9-5-8(13(15,16)17)6-21-11(9)18-19-12(21)24-7-10(22)20-1-3-23-4-2-20/h5-6H,1-4,7H2. The molecule has 0 saturated carbocycles. The summed E-state index contributed by atoms with van der Waals surface area (Å²) < 4.78 is 45.0. The maximum Gasteiger partial charge on any atom is 0.417 e. The van der Waals surface area contributed by atoms with Crippen molar-refractivity contribution in [1.29, 1.82) is 0 Å². The second kappa shape index (κ2) is 6.77. The summed E-state index contributed by atoms with van der Waals surface area (Å²) in [6.45, 7) is 1.97. The highest BCUT2D eigenvalue weighted by molar-refractivity contribution is 7.99. The SMILES string of the molecule is O=C(CSc1nnc2c(Cl)cc(C(F)(F)F)cn12)N1CCOCC1. The fourth-order valence-corrected chi connectivity index (χ4v) is 3.28. The number of aromatic nitrogens is 3. The first kappa shape index (κ1) is 17.3. The van der Waals surface area contributed by atoms with Gasteiger partial charge in [0, 0.05) is 19.3 Å². The molecule has 0 aliphatic carbocycles. The predicted octanol–water partition coefficient (Wildman–Crippen LogP) is 2.35. The molecule has 130 valence electrons. The summed E-state index contributed by atoms with van der Waals surface area (Å²) >= 11 is 6.86. The Kier molecular flexibility index (Phi) is 4.88. The van der Waals surface area contributed by atoms with Crippen LogP contribution < -0.4 is 0 Å². The van der Waals surface area contributed by atoms with Crippen LogP contribution in [0.2, 0.25) is 5.02 Å². The number of morpholine rings is 1. The fraction of sp³-hybridized carbons (Fsp3) is 0.462. The molecule has 6 nitrogen and oxygen atoms in total. The second-order valence-electron chi connectivity index (χ2n) is 5.03. The van der Waals surface area contributed by atoms with Crippen molar-refractivity contribution < 1.29 is 22.7 Å². The molecule has 1 fully saturated rings. The van der Waals surface area contributed by atoms with Crippen LogP contribution in [0.1, 0.15) is 5.56 Å². The van der Waals surface area contributed by atoms with Gasteiger partial charge < -0.3 is 9.64 Å². The minimum atomic E-state index is -4.53. The van der Waals surface area contributed by atoms with Crippen molar-refractivity contribution in [3.63, 3.8) is 0 Å². The van der Waals surface area contributed by atoms with Gasteiger partial charge in [-0.2, -0.15) is 13.2 Å². The zero-order chi connectivity index (χ0) is 17.3. The van der Waals surface area contributed by atoms with Gasteiger partial charge in [0.2, 0.25) is 5.91 Å². The Morgan fingerprint density at radius 1 is 1.33 bits per heavy atom. The predicted molar refractivity (Wildman–Crippen MR) is 81.1 cm³/mol. The highest BCUT2D eigenvalue weighted by atomic mass is 35.5. The zero-order valence-corrected chi connectivity index (χ0v) is 13.8. The molecule has 1 amide bonds. The normalized spacial score (nSPS) is 15.9. The summed E-state index contributed by atoms with van der Waals surface area (Å²) in [6.07, 6.45) is -3.66. The third-order valence-electron chi connectivity index (χ3n) is 3.44. The number of carbonyl (C=O) groups is 1. The molecule has 2 aromatic rings. The molecule has 2 aromatic heterocycles. The second-order valence-corrected chi connectivity index (χ2v) is 6.38. The minimum Gasteiger partial charge on any atom is -0.378 e. The third kappa shape index (κ3) is 3.60. The molecular weight excluding hydrogens is 369 g/mol. The van der Waals surface area contributed by atoms with Gasteiger partial charge in [0.1, 0.15) is 0 Å². The number of nitrogens with zero attached hydrogens (tertiary/aromatic N) is 4. The van der Waals surface area contributed by atoms with E-state index >= 15 is 0 Å². The summed E-state index contributed by atoms with van der Waals surface area (Å²) in [7, 11) is 0. The van der Waals surface area contributed by atoms with Gasteiger partial charge in [-0.3, -0.25) is 9.20 Å². The molecule has 0 bridgehead atoms. The van der Waals surface area contributed by atoms with E-state index in [0.29, 0.717) is 26.3 Å². The molecule has 0 unspecified atom stereocenters. The zero-order valence-electron chi connectivity index (χ0n) is 12.2. The molecule has 11 heteroatoms. The van der Waals surface area contributed by atoms with Crippen molar-refractivity contribution in [2.45, 2.75) is 11.3 Å². The number of thioether (sulfide) groups is 1. The smallest absolute Gasteiger partial charge is 0.378 e. The van der Waals surface area contributed by atoms with E-state index in [2.05, 4.69) is 10.2 Å². The Bertz CT molecular complexity index is 761. The van der Waals surface area contributed by atoms with Gasteiger partial charge in [-0.05, 0) is 6.07 Å². The van der Waals surface area contributed by atoms with E-state index < -0.39 is 11.7 Å².